The molecule has 1 fully saturated rings. The highest BCUT2D eigenvalue weighted by Crippen LogP contribution is 2.20. The summed E-state index contributed by atoms with van der Waals surface area (Å²) in [5.41, 5.74) is 2.14. The van der Waals surface area contributed by atoms with Crippen molar-refractivity contribution >= 4 is 10.9 Å². The predicted molar refractivity (Wildman–Crippen MR) is 72.3 cm³/mol. The number of nitrogens with zero attached hydrogens (tertiary/aromatic N) is 2. The molecule has 1 aliphatic rings. The lowest BCUT2D eigenvalue weighted by atomic mass is 10.2. The normalized spacial score (nSPS) is 20.6. The van der Waals surface area contributed by atoms with Crippen LogP contribution in [0.25, 0.3) is 10.9 Å². The molecular weight excluding hydrogens is 224 g/mol. The number of hydrogen-bond donors (Lipinski definition) is 1. The highest BCUT2D eigenvalue weighted by atomic mass is 16.3. The summed E-state index contributed by atoms with van der Waals surface area (Å²) >= 11 is 0. The van der Waals surface area contributed by atoms with E-state index in [0.717, 1.165) is 30.7 Å². The van der Waals surface area contributed by atoms with Gasteiger partial charge in [-0.25, -0.2) is 0 Å². The summed E-state index contributed by atoms with van der Waals surface area (Å²) in [7, 11) is 0. The second-order valence-electron chi connectivity index (χ2n) is 4.94. The second kappa shape index (κ2) is 5.04. The molecule has 1 saturated heterocycles. The quantitative estimate of drug-likeness (QED) is 0.896. The summed E-state index contributed by atoms with van der Waals surface area (Å²) in [5, 5.41) is 10.5. The van der Waals surface area contributed by atoms with Crippen molar-refractivity contribution in [2.24, 2.45) is 0 Å². The van der Waals surface area contributed by atoms with Gasteiger partial charge in [0.1, 0.15) is 0 Å². The van der Waals surface area contributed by atoms with Gasteiger partial charge >= 0.3 is 0 Å². The Balaban J connectivity index is 1.82. The van der Waals surface area contributed by atoms with E-state index in [-0.39, 0.29) is 6.61 Å². The molecule has 0 spiro atoms. The zero-order valence-electron chi connectivity index (χ0n) is 10.4. The third kappa shape index (κ3) is 2.24. The molecule has 1 N–H and O–H groups in total. The Morgan fingerprint density at radius 1 is 1.22 bits per heavy atom. The minimum Gasteiger partial charge on any atom is -0.395 e. The van der Waals surface area contributed by atoms with Crippen LogP contribution in [0, 0.1) is 0 Å². The molecule has 94 valence electrons. The van der Waals surface area contributed by atoms with Gasteiger partial charge in [-0.3, -0.25) is 9.88 Å². The smallest absolute Gasteiger partial charge is 0.0705 e. The van der Waals surface area contributed by atoms with E-state index >= 15 is 0 Å². The molecule has 18 heavy (non-hydrogen) atoms. The van der Waals surface area contributed by atoms with Crippen LogP contribution in [0.5, 0.6) is 0 Å². The molecule has 3 heteroatoms. The Hall–Kier alpha value is -1.45. The molecule has 3 rings (SSSR count). The molecule has 0 radical (unpaired) electrons. The van der Waals surface area contributed by atoms with Crippen LogP contribution in [-0.2, 0) is 6.54 Å². The van der Waals surface area contributed by atoms with Crippen LogP contribution in [0.4, 0.5) is 0 Å². The van der Waals surface area contributed by atoms with Gasteiger partial charge in [0, 0.05) is 18.0 Å². The topological polar surface area (TPSA) is 36.4 Å². The first-order valence-corrected chi connectivity index (χ1v) is 6.56. The third-order valence-electron chi connectivity index (χ3n) is 3.73. The van der Waals surface area contributed by atoms with Crippen LogP contribution in [0.3, 0.4) is 0 Å². The lowest BCUT2D eigenvalue weighted by molar-refractivity contribution is 0.152. The molecule has 2 heterocycles. The van der Waals surface area contributed by atoms with Crippen LogP contribution in [0.15, 0.2) is 36.4 Å². The number of aliphatic hydroxyl groups is 1. The highest BCUT2D eigenvalue weighted by Gasteiger charge is 2.23. The Kier molecular flexibility index (Phi) is 3.26. The van der Waals surface area contributed by atoms with E-state index in [0.29, 0.717) is 6.04 Å². The number of likely N-dealkylation sites (tertiary alicyclic amines) is 1. The van der Waals surface area contributed by atoms with Gasteiger partial charge in [-0.05, 0) is 31.5 Å². The predicted octanol–water partition coefficient (Wildman–Crippen LogP) is 2.19. The van der Waals surface area contributed by atoms with E-state index in [1.807, 2.05) is 18.2 Å². The Morgan fingerprint density at radius 3 is 3.00 bits per heavy atom. The minimum absolute atomic E-state index is 0.258. The van der Waals surface area contributed by atoms with E-state index in [1.54, 1.807) is 0 Å². The van der Waals surface area contributed by atoms with Gasteiger partial charge in [0.2, 0.25) is 0 Å². The van der Waals surface area contributed by atoms with E-state index < -0.39 is 0 Å². The van der Waals surface area contributed by atoms with Crippen molar-refractivity contribution < 1.29 is 5.11 Å². The van der Waals surface area contributed by atoms with Gasteiger partial charge in [0.05, 0.1) is 17.8 Å². The molecule has 0 saturated carbocycles. The number of pyridine rings is 1. The number of hydrogen-bond acceptors (Lipinski definition) is 3. The van der Waals surface area contributed by atoms with Crippen molar-refractivity contribution in [3.8, 4) is 0 Å². The van der Waals surface area contributed by atoms with Crippen molar-refractivity contribution in [2.75, 3.05) is 13.2 Å². The van der Waals surface area contributed by atoms with Crippen LogP contribution < -0.4 is 0 Å². The van der Waals surface area contributed by atoms with Gasteiger partial charge in [-0.15, -0.1) is 0 Å². The fraction of sp³-hybridized carbons (Fsp3) is 0.400. The SMILES string of the molecule is OC[C@@H]1CCCN1Cc1ccc2ccccc2n1. The average molecular weight is 242 g/mol. The summed E-state index contributed by atoms with van der Waals surface area (Å²) in [6, 6.07) is 12.7. The molecule has 0 bridgehead atoms. The van der Waals surface area contributed by atoms with Crippen molar-refractivity contribution in [2.45, 2.75) is 25.4 Å². The number of fused-ring (bicyclic) bond motifs is 1. The Morgan fingerprint density at radius 2 is 2.11 bits per heavy atom. The number of aliphatic hydroxyl groups excluding tert-OH is 1. The van der Waals surface area contributed by atoms with E-state index in [1.165, 1.54) is 11.8 Å². The highest BCUT2D eigenvalue weighted by molar-refractivity contribution is 5.78. The maximum Gasteiger partial charge on any atom is 0.0705 e. The molecule has 0 amide bonds. The second-order valence-corrected chi connectivity index (χ2v) is 4.94. The van der Waals surface area contributed by atoms with Gasteiger partial charge < -0.3 is 5.11 Å². The fourth-order valence-electron chi connectivity index (χ4n) is 2.71. The summed E-state index contributed by atoms with van der Waals surface area (Å²) in [6.45, 7) is 2.17. The van der Waals surface area contributed by atoms with Crippen LogP contribution in [0.2, 0.25) is 0 Å². The molecular formula is C15H18N2O. The summed E-state index contributed by atoms with van der Waals surface area (Å²) < 4.78 is 0. The number of para-hydroxylation sites is 1. The van der Waals surface area contributed by atoms with Crippen molar-refractivity contribution in [1.29, 1.82) is 0 Å². The number of rotatable bonds is 3. The minimum atomic E-state index is 0.258. The first-order valence-electron chi connectivity index (χ1n) is 6.56. The van der Waals surface area contributed by atoms with E-state index in [2.05, 4.69) is 28.1 Å². The van der Waals surface area contributed by atoms with Gasteiger partial charge in [-0.1, -0.05) is 24.3 Å². The average Bonchev–Trinajstić information content (AvgIpc) is 2.86. The van der Waals surface area contributed by atoms with Crippen molar-refractivity contribution in [3.05, 3.63) is 42.1 Å². The summed E-state index contributed by atoms with van der Waals surface area (Å²) in [4.78, 5) is 7.01. The van der Waals surface area contributed by atoms with Crippen molar-refractivity contribution in [3.63, 3.8) is 0 Å². The fourth-order valence-corrected chi connectivity index (χ4v) is 2.71. The lowest BCUT2D eigenvalue weighted by Crippen LogP contribution is -2.31. The van der Waals surface area contributed by atoms with E-state index in [9.17, 15) is 5.11 Å². The molecule has 3 nitrogen and oxygen atoms in total. The first kappa shape index (κ1) is 11.6. The number of benzene rings is 1. The maximum absolute atomic E-state index is 9.32. The molecule has 1 atom stereocenters. The van der Waals surface area contributed by atoms with Crippen molar-refractivity contribution in [1.82, 2.24) is 9.88 Å². The summed E-state index contributed by atoms with van der Waals surface area (Å²) in [6.07, 6.45) is 2.28. The molecule has 2 aromatic rings. The molecule has 0 aliphatic carbocycles. The molecule has 1 aromatic carbocycles. The van der Waals surface area contributed by atoms with Gasteiger partial charge in [0.25, 0.3) is 0 Å². The lowest BCUT2D eigenvalue weighted by Gasteiger charge is -2.22. The molecule has 1 aromatic heterocycles. The summed E-state index contributed by atoms with van der Waals surface area (Å²) in [5.74, 6) is 0. The van der Waals surface area contributed by atoms with Crippen LogP contribution in [0.1, 0.15) is 18.5 Å². The monoisotopic (exact) mass is 242 g/mol. The zero-order chi connectivity index (χ0) is 12.4. The zero-order valence-corrected chi connectivity index (χ0v) is 10.4. The standard InChI is InChI=1S/C15H18N2O/c18-11-14-5-3-9-17(14)10-13-8-7-12-4-1-2-6-15(12)16-13/h1-2,4,6-8,14,18H,3,5,9-11H2/t14-/m0/s1. The van der Waals surface area contributed by atoms with Gasteiger partial charge in [-0.2, -0.15) is 0 Å². The molecule has 1 aliphatic heterocycles. The van der Waals surface area contributed by atoms with Gasteiger partial charge in [0.15, 0.2) is 0 Å². The van der Waals surface area contributed by atoms with Crippen LogP contribution >= 0.6 is 0 Å². The number of aromatic nitrogens is 1. The first-order chi connectivity index (χ1) is 8.86. The largest absolute Gasteiger partial charge is 0.395 e. The van der Waals surface area contributed by atoms with Crippen LogP contribution in [-0.4, -0.2) is 34.2 Å². The van der Waals surface area contributed by atoms with E-state index in [4.69, 9.17) is 0 Å². The maximum atomic E-state index is 9.32. The third-order valence-corrected chi connectivity index (χ3v) is 3.73. The Labute approximate surface area is 107 Å². The Bertz CT molecular complexity index is 541. The molecule has 0 unspecified atom stereocenters.